The van der Waals surface area contributed by atoms with Gasteiger partial charge in [0.15, 0.2) is 0 Å². The molecule has 1 saturated heterocycles. The maximum absolute atomic E-state index is 11.2. The first-order valence-electron chi connectivity index (χ1n) is 6.60. The zero-order valence-electron chi connectivity index (χ0n) is 11.0. The summed E-state index contributed by atoms with van der Waals surface area (Å²) in [6.45, 7) is 2.76. The smallest absolute Gasteiger partial charge is 0.117 e. The van der Waals surface area contributed by atoms with E-state index < -0.39 is 5.60 Å². The summed E-state index contributed by atoms with van der Waals surface area (Å²) in [6, 6.07) is 19.6. The Hall–Kier alpha value is -1.64. The van der Waals surface area contributed by atoms with Crippen molar-refractivity contribution in [2.24, 2.45) is 0 Å². The van der Waals surface area contributed by atoms with Gasteiger partial charge < -0.3 is 9.84 Å². The zero-order chi connectivity index (χ0) is 13.3. The highest BCUT2D eigenvalue weighted by Gasteiger charge is 2.48. The van der Waals surface area contributed by atoms with Crippen molar-refractivity contribution in [2.75, 3.05) is 6.61 Å². The lowest BCUT2D eigenvalue weighted by Gasteiger charge is -2.31. The SMILES string of the molecule is C[C@]1(CC(O)(c2ccccc2)c2ccccc2)CO1. The molecule has 1 aliphatic rings. The predicted octanol–water partition coefficient (Wildman–Crippen LogP) is 3.10. The van der Waals surface area contributed by atoms with Crippen LogP contribution in [0.4, 0.5) is 0 Å². The van der Waals surface area contributed by atoms with Crippen LogP contribution in [0.25, 0.3) is 0 Å². The van der Waals surface area contributed by atoms with Crippen LogP contribution in [0.15, 0.2) is 60.7 Å². The van der Waals surface area contributed by atoms with Crippen molar-refractivity contribution in [2.45, 2.75) is 24.5 Å². The Morgan fingerprint density at radius 3 is 1.79 bits per heavy atom. The van der Waals surface area contributed by atoms with E-state index in [4.69, 9.17) is 4.74 Å². The predicted molar refractivity (Wildman–Crippen MR) is 74.9 cm³/mol. The molecule has 1 fully saturated rings. The molecular weight excluding hydrogens is 236 g/mol. The minimum absolute atomic E-state index is 0.208. The van der Waals surface area contributed by atoms with Crippen LogP contribution in [-0.2, 0) is 10.3 Å². The van der Waals surface area contributed by atoms with Gasteiger partial charge in [-0.1, -0.05) is 60.7 Å². The lowest BCUT2D eigenvalue weighted by Crippen LogP contribution is -2.32. The standard InChI is InChI=1S/C17H18O2/c1-16(13-19-16)12-17(18,14-8-4-2-5-9-14)15-10-6-3-7-11-15/h2-11,18H,12-13H2,1H3/t16-/m0/s1. The molecule has 3 rings (SSSR count). The Morgan fingerprint density at radius 2 is 1.42 bits per heavy atom. The lowest BCUT2D eigenvalue weighted by molar-refractivity contribution is 0.0458. The summed E-state index contributed by atoms with van der Waals surface area (Å²) in [5.41, 5.74) is 0.629. The van der Waals surface area contributed by atoms with Crippen LogP contribution < -0.4 is 0 Å². The van der Waals surface area contributed by atoms with E-state index in [0.29, 0.717) is 6.42 Å². The maximum Gasteiger partial charge on any atom is 0.117 e. The maximum atomic E-state index is 11.2. The number of epoxide rings is 1. The minimum Gasteiger partial charge on any atom is -0.380 e. The molecule has 1 N–H and O–H groups in total. The van der Waals surface area contributed by atoms with Crippen LogP contribution in [0.2, 0.25) is 0 Å². The Balaban J connectivity index is 2.05. The highest BCUT2D eigenvalue weighted by atomic mass is 16.6. The first-order valence-corrected chi connectivity index (χ1v) is 6.60. The first-order chi connectivity index (χ1) is 9.12. The molecule has 2 heteroatoms. The molecule has 19 heavy (non-hydrogen) atoms. The Bertz CT molecular complexity index is 504. The Labute approximate surface area is 113 Å². The molecule has 1 heterocycles. The average molecular weight is 254 g/mol. The van der Waals surface area contributed by atoms with Gasteiger partial charge in [0.05, 0.1) is 12.2 Å². The Morgan fingerprint density at radius 1 is 1.00 bits per heavy atom. The molecule has 0 radical (unpaired) electrons. The third-order valence-corrected chi connectivity index (χ3v) is 3.77. The molecule has 0 aliphatic carbocycles. The molecule has 0 bridgehead atoms. The van der Waals surface area contributed by atoms with Crippen LogP contribution in [0.5, 0.6) is 0 Å². The van der Waals surface area contributed by atoms with Gasteiger partial charge in [-0.15, -0.1) is 0 Å². The number of benzene rings is 2. The molecule has 0 amide bonds. The number of ether oxygens (including phenoxy) is 1. The van der Waals surface area contributed by atoms with Crippen molar-refractivity contribution >= 4 is 0 Å². The van der Waals surface area contributed by atoms with Crippen LogP contribution in [0, 0.1) is 0 Å². The molecule has 1 atom stereocenters. The summed E-state index contributed by atoms with van der Waals surface area (Å²) < 4.78 is 5.47. The second-order valence-electron chi connectivity index (χ2n) is 5.51. The van der Waals surface area contributed by atoms with Gasteiger partial charge >= 0.3 is 0 Å². The molecule has 1 aliphatic heterocycles. The van der Waals surface area contributed by atoms with E-state index in [1.54, 1.807) is 0 Å². The van der Waals surface area contributed by atoms with Crippen molar-refractivity contribution in [1.82, 2.24) is 0 Å². The van der Waals surface area contributed by atoms with E-state index in [2.05, 4.69) is 0 Å². The Kier molecular flexibility index (Phi) is 2.92. The van der Waals surface area contributed by atoms with Gasteiger partial charge in [0.1, 0.15) is 5.60 Å². The summed E-state index contributed by atoms with van der Waals surface area (Å²) in [5.74, 6) is 0. The van der Waals surface area contributed by atoms with Gasteiger partial charge in [0.25, 0.3) is 0 Å². The van der Waals surface area contributed by atoms with E-state index >= 15 is 0 Å². The van der Waals surface area contributed by atoms with Crippen molar-refractivity contribution in [1.29, 1.82) is 0 Å². The number of hydrogen-bond acceptors (Lipinski definition) is 2. The summed E-state index contributed by atoms with van der Waals surface area (Å²) in [7, 11) is 0. The lowest BCUT2D eigenvalue weighted by atomic mass is 9.80. The largest absolute Gasteiger partial charge is 0.380 e. The van der Waals surface area contributed by atoms with E-state index in [1.807, 2.05) is 67.6 Å². The fourth-order valence-corrected chi connectivity index (χ4v) is 2.56. The monoisotopic (exact) mass is 254 g/mol. The van der Waals surface area contributed by atoms with Gasteiger partial charge in [0, 0.05) is 6.42 Å². The molecule has 0 saturated carbocycles. The summed E-state index contributed by atoms with van der Waals surface area (Å²) in [4.78, 5) is 0. The van der Waals surface area contributed by atoms with Gasteiger partial charge in [-0.2, -0.15) is 0 Å². The van der Waals surface area contributed by atoms with E-state index in [0.717, 1.165) is 17.7 Å². The summed E-state index contributed by atoms with van der Waals surface area (Å²) in [6.07, 6.45) is 0.577. The van der Waals surface area contributed by atoms with E-state index in [9.17, 15) is 5.11 Å². The minimum atomic E-state index is -0.992. The quantitative estimate of drug-likeness (QED) is 0.850. The van der Waals surface area contributed by atoms with Gasteiger partial charge in [0.2, 0.25) is 0 Å². The highest BCUT2D eigenvalue weighted by molar-refractivity contribution is 5.36. The van der Waals surface area contributed by atoms with Crippen LogP contribution in [-0.4, -0.2) is 17.3 Å². The van der Waals surface area contributed by atoms with Crippen molar-refractivity contribution in [3.8, 4) is 0 Å². The van der Waals surface area contributed by atoms with Crippen molar-refractivity contribution in [3.63, 3.8) is 0 Å². The summed E-state index contributed by atoms with van der Waals surface area (Å²) >= 11 is 0. The number of hydrogen-bond donors (Lipinski definition) is 1. The van der Waals surface area contributed by atoms with Crippen LogP contribution >= 0.6 is 0 Å². The van der Waals surface area contributed by atoms with E-state index in [-0.39, 0.29) is 5.60 Å². The number of rotatable bonds is 4. The molecular formula is C17H18O2. The second kappa shape index (κ2) is 4.48. The summed E-state index contributed by atoms with van der Waals surface area (Å²) in [5, 5.41) is 11.2. The molecule has 2 aromatic rings. The molecule has 2 aromatic carbocycles. The first kappa shape index (κ1) is 12.4. The van der Waals surface area contributed by atoms with E-state index in [1.165, 1.54) is 0 Å². The van der Waals surface area contributed by atoms with Crippen molar-refractivity contribution < 1.29 is 9.84 Å². The molecule has 98 valence electrons. The van der Waals surface area contributed by atoms with Gasteiger partial charge in [-0.05, 0) is 18.1 Å². The molecule has 0 aromatic heterocycles. The fourth-order valence-electron chi connectivity index (χ4n) is 2.56. The average Bonchev–Trinajstić information content (AvgIpc) is 3.18. The third-order valence-electron chi connectivity index (χ3n) is 3.77. The molecule has 2 nitrogen and oxygen atoms in total. The fraction of sp³-hybridized carbons (Fsp3) is 0.294. The highest BCUT2D eigenvalue weighted by Crippen LogP contribution is 2.43. The third kappa shape index (κ3) is 2.42. The molecule has 0 spiro atoms. The van der Waals surface area contributed by atoms with Crippen LogP contribution in [0.1, 0.15) is 24.5 Å². The van der Waals surface area contributed by atoms with Crippen LogP contribution in [0.3, 0.4) is 0 Å². The molecule has 0 unspecified atom stereocenters. The normalized spacial score (nSPS) is 22.2. The number of aliphatic hydroxyl groups is 1. The second-order valence-corrected chi connectivity index (χ2v) is 5.51. The van der Waals surface area contributed by atoms with Gasteiger partial charge in [-0.25, -0.2) is 0 Å². The topological polar surface area (TPSA) is 32.8 Å². The zero-order valence-corrected chi connectivity index (χ0v) is 11.0. The van der Waals surface area contributed by atoms with Gasteiger partial charge in [-0.3, -0.25) is 0 Å². The van der Waals surface area contributed by atoms with Crippen molar-refractivity contribution in [3.05, 3.63) is 71.8 Å².